The average Bonchev–Trinajstić information content (AvgIpc) is 3.60. The fraction of sp³-hybridized carbons (Fsp3) is 0.234. The van der Waals surface area contributed by atoms with Crippen molar-refractivity contribution in [2.24, 2.45) is 0 Å². The summed E-state index contributed by atoms with van der Waals surface area (Å²) in [6.45, 7) is 5.83. The van der Waals surface area contributed by atoms with Crippen molar-refractivity contribution in [1.29, 1.82) is 0 Å². The summed E-state index contributed by atoms with van der Waals surface area (Å²) >= 11 is 0. The molecule has 2 atom stereocenters. The van der Waals surface area contributed by atoms with Crippen LogP contribution >= 0.6 is 0 Å². The van der Waals surface area contributed by atoms with Crippen LogP contribution in [0.25, 0.3) is 11.1 Å². The summed E-state index contributed by atoms with van der Waals surface area (Å²) in [6, 6.07) is 51.2. The summed E-state index contributed by atoms with van der Waals surface area (Å²) in [5.41, 5.74) is 9.58. The monoisotopic (exact) mass is 706 g/mol. The van der Waals surface area contributed by atoms with E-state index in [2.05, 4.69) is 68.4 Å². The highest BCUT2D eigenvalue weighted by molar-refractivity contribution is 5.78. The van der Waals surface area contributed by atoms with E-state index in [4.69, 9.17) is 28.4 Å². The van der Waals surface area contributed by atoms with Gasteiger partial charge in [0.1, 0.15) is 24.7 Å². The van der Waals surface area contributed by atoms with Gasteiger partial charge in [0.2, 0.25) is 12.6 Å². The van der Waals surface area contributed by atoms with E-state index in [0.717, 1.165) is 68.0 Å². The topological polar surface area (TPSA) is 55.4 Å². The molecule has 0 saturated carbocycles. The van der Waals surface area contributed by atoms with E-state index >= 15 is 0 Å². The van der Waals surface area contributed by atoms with Gasteiger partial charge < -0.3 is 28.4 Å². The summed E-state index contributed by atoms with van der Waals surface area (Å²) in [4.78, 5) is 0. The highest BCUT2D eigenvalue weighted by Crippen LogP contribution is 2.43. The first-order valence-electron chi connectivity index (χ1n) is 18.3. The van der Waals surface area contributed by atoms with Gasteiger partial charge in [-0.1, -0.05) is 158 Å². The molecule has 0 bridgehead atoms. The first kappa shape index (κ1) is 36.1. The first-order valence-corrected chi connectivity index (χ1v) is 18.3. The van der Waals surface area contributed by atoms with Crippen LogP contribution in [0.4, 0.5) is 0 Å². The van der Waals surface area contributed by atoms with Crippen molar-refractivity contribution in [3.63, 3.8) is 0 Å². The van der Waals surface area contributed by atoms with Gasteiger partial charge in [0, 0.05) is 18.1 Å². The minimum absolute atomic E-state index is 0.363. The highest BCUT2D eigenvalue weighted by atomic mass is 16.9. The molecule has 6 heteroatoms. The van der Waals surface area contributed by atoms with Crippen molar-refractivity contribution in [2.45, 2.75) is 72.0 Å². The maximum atomic E-state index is 6.72. The van der Waals surface area contributed by atoms with E-state index in [-0.39, 0.29) is 0 Å². The van der Waals surface area contributed by atoms with Crippen molar-refractivity contribution < 1.29 is 28.4 Å². The molecule has 0 N–H and O–H groups in total. The van der Waals surface area contributed by atoms with Crippen LogP contribution in [-0.4, -0.2) is 18.9 Å². The molecule has 0 aromatic heterocycles. The molecule has 270 valence electrons. The predicted octanol–water partition coefficient (Wildman–Crippen LogP) is 10.4. The highest BCUT2D eigenvalue weighted by Gasteiger charge is 2.39. The Morgan fingerprint density at radius 2 is 0.962 bits per heavy atom. The van der Waals surface area contributed by atoms with E-state index in [1.165, 1.54) is 0 Å². The summed E-state index contributed by atoms with van der Waals surface area (Å²) in [7, 11) is 0. The third-order valence-corrected chi connectivity index (χ3v) is 9.29. The zero-order valence-electron chi connectivity index (χ0n) is 30.4. The molecule has 0 unspecified atom stereocenters. The number of hydrogen-bond donors (Lipinski definition) is 0. The minimum atomic E-state index is -0.734. The van der Waals surface area contributed by atoms with Gasteiger partial charge in [-0.15, -0.1) is 0 Å². The lowest BCUT2D eigenvalue weighted by molar-refractivity contribution is -0.200. The van der Waals surface area contributed by atoms with Gasteiger partial charge in [0.25, 0.3) is 0 Å². The Morgan fingerprint density at radius 3 is 1.43 bits per heavy atom. The third-order valence-electron chi connectivity index (χ3n) is 9.29. The Bertz CT molecular complexity index is 1970. The first-order chi connectivity index (χ1) is 26.1. The molecule has 6 aromatic carbocycles. The number of aryl methyl sites for hydroxylation is 1. The molecular weight excluding hydrogens is 661 g/mol. The zero-order chi connectivity index (χ0) is 36.2. The van der Waals surface area contributed by atoms with Crippen LogP contribution in [0.3, 0.4) is 0 Å². The average molecular weight is 707 g/mol. The van der Waals surface area contributed by atoms with Crippen LogP contribution < -0.4 is 9.47 Å². The lowest BCUT2D eigenvalue weighted by Gasteiger charge is -2.24. The van der Waals surface area contributed by atoms with Gasteiger partial charge in [-0.25, -0.2) is 0 Å². The normalized spacial score (nSPS) is 15.7. The summed E-state index contributed by atoms with van der Waals surface area (Å²) in [6.07, 6.45) is -0.971. The Balaban J connectivity index is 1.25. The van der Waals surface area contributed by atoms with E-state index in [1.807, 2.05) is 97.1 Å². The number of rotatable bonds is 16. The molecule has 6 aromatic rings. The molecule has 1 aliphatic rings. The van der Waals surface area contributed by atoms with Gasteiger partial charge in [0.15, 0.2) is 6.29 Å². The van der Waals surface area contributed by atoms with Crippen LogP contribution in [0.1, 0.15) is 45.9 Å². The second-order valence-electron chi connectivity index (χ2n) is 13.2. The summed E-state index contributed by atoms with van der Waals surface area (Å²) in [5, 5.41) is 0. The SMILES string of the molecule is CCc1c(OCc2ccccc2)cc(OCc2ccccc2)c(-c2cccc(C)c2)c1CC1O[C@H](OCc2ccccc2)[C@@H](OCc2ccccc2)O1. The Hall–Kier alpha value is -5.24. The molecule has 6 nitrogen and oxygen atoms in total. The lowest BCUT2D eigenvalue weighted by atomic mass is 9.89. The molecule has 1 aliphatic heterocycles. The molecule has 1 heterocycles. The molecule has 53 heavy (non-hydrogen) atoms. The van der Waals surface area contributed by atoms with Crippen LogP contribution in [-0.2, 0) is 58.2 Å². The minimum Gasteiger partial charge on any atom is -0.488 e. The van der Waals surface area contributed by atoms with Crippen molar-refractivity contribution >= 4 is 0 Å². The van der Waals surface area contributed by atoms with E-state index in [1.54, 1.807) is 0 Å². The molecule has 0 amide bonds. The molecule has 0 radical (unpaired) electrons. The molecule has 7 rings (SSSR count). The van der Waals surface area contributed by atoms with Gasteiger partial charge in [0.05, 0.1) is 13.2 Å². The van der Waals surface area contributed by atoms with E-state index < -0.39 is 18.9 Å². The standard InChI is InChI=1S/C47H46O6/c1-3-40-41(28-44-52-46(50-32-37-22-12-6-13-23-37)47(53-44)51-33-38-24-14-7-15-25-38)45(39-26-16-17-34(2)27-39)43(49-31-36-20-10-5-11-21-36)29-42(40)48-30-35-18-8-4-9-19-35/h4-27,29,44,46-47H,3,28,30-33H2,1-2H3/t46-,47-/m0/s1. The van der Waals surface area contributed by atoms with Crippen LogP contribution in [0, 0.1) is 6.92 Å². The largest absolute Gasteiger partial charge is 0.488 e. The van der Waals surface area contributed by atoms with Crippen LogP contribution in [0.2, 0.25) is 0 Å². The van der Waals surface area contributed by atoms with Gasteiger partial charge in [-0.3, -0.25) is 0 Å². The van der Waals surface area contributed by atoms with Crippen molar-refractivity contribution in [3.8, 4) is 22.6 Å². The van der Waals surface area contributed by atoms with Crippen molar-refractivity contribution in [1.82, 2.24) is 0 Å². The second kappa shape index (κ2) is 18.0. The van der Waals surface area contributed by atoms with Crippen molar-refractivity contribution in [2.75, 3.05) is 0 Å². The zero-order valence-corrected chi connectivity index (χ0v) is 30.4. The maximum Gasteiger partial charge on any atom is 0.212 e. The van der Waals surface area contributed by atoms with Gasteiger partial charge in [-0.05, 0) is 52.3 Å². The maximum absolute atomic E-state index is 6.72. The van der Waals surface area contributed by atoms with Gasteiger partial charge >= 0.3 is 0 Å². The summed E-state index contributed by atoms with van der Waals surface area (Å²) < 4.78 is 39.2. The van der Waals surface area contributed by atoms with Crippen LogP contribution in [0.15, 0.2) is 152 Å². The smallest absolute Gasteiger partial charge is 0.212 e. The third kappa shape index (κ3) is 9.60. The number of ether oxygens (including phenoxy) is 6. The molecular formula is C47H46O6. The quantitative estimate of drug-likeness (QED) is 0.0999. The molecule has 1 saturated heterocycles. The molecule has 0 aliphatic carbocycles. The summed E-state index contributed by atoms with van der Waals surface area (Å²) in [5.74, 6) is 1.51. The second-order valence-corrected chi connectivity index (χ2v) is 13.2. The molecule has 0 spiro atoms. The van der Waals surface area contributed by atoms with Gasteiger partial charge in [-0.2, -0.15) is 0 Å². The fourth-order valence-corrected chi connectivity index (χ4v) is 6.63. The predicted molar refractivity (Wildman–Crippen MR) is 207 cm³/mol. The fourth-order valence-electron chi connectivity index (χ4n) is 6.63. The van der Waals surface area contributed by atoms with E-state index in [9.17, 15) is 0 Å². The van der Waals surface area contributed by atoms with Crippen molar-refractivity contribution in [3.05, 3.63) is 191 Å². The number of benzene rings is 6. The Labute approximate surface area is 312 Å². The Morgan fingerprint density at radius 1 is 0.491 bits per heavy atom. The number of hydrogen-bond acceptors (Lipinski definition) is 6. The van der Waals surface area contributed by atoms with Crippen LogP contribution in [0.5, 0.6) is 11.5 Å². The Kier molecular flexibility index (Phi) is 12.3. The lowest BCUT2D eigenvalue weighted by Crippen LogP contribution is -2.28. The van der Waals surface area contributed by atoms with E-state index in [0.29, 0.717) is 32.8 Å². The molecule has 1 fully saturated rings.